The number of hydrogen-bond acceptors (Lipinski definition) is 2. The minimum Gasteiger partial charge on any atom is -0.454 e. The Morgan fingerprint density at radius 1 is 1.11 bits per heavy atom. The van der Waals surface area contributed by atoms with Crippen molar-refractivity contribution in [3.05, 3.63) is 59.7 Å². The Bertz CT molecular complexity index is 558. The van der Waals surface area contributed by atoms with E-state index in [1.807, 2.05) is 6.92 Å². The standard InChI is InChI=1S/C15H15F2NO/c1-2-18-10-11-6-7-15(14(17)8-11)19-13-5-3-4-12(16)9-13/h3-9,18H,2,10H2,1H3. The first kappa shape index (κ1) is 13.5. The third-order valence-electron chi connectivity index (χ3n) is 2.60. The van der Waals surface area contributed by atoms with E-state index < -0.39 is 11.6 Å². The Kier molecular flexibility index (Phi) is 4.47. The van der Waals surface area contributed by atoms with Crippen LogP contribution in [0.15, 0.2) is 42.5 Å². The lowest BCUT2D eigenvalue weighted by Crippen LogP contribution is -2.11. The predicted molar refractivity (Wildman–Crippen MR) is 70.3 cm³/mol. The van der Waals surface area contributed by atoms with Crippen LogP contribution < -0.4 is 10.1 Å². The first-order valence-corrected chi connectivity index (χ1v) is 6.11. The highest BCUT2D eigenvalue weighted by Crippen LogP contribution is 2.25. The van der Waals surface area contributed by atoms with E-state index in [4.69, 9.17) is 4.74 Å². The lowest BCUT2D eigenvalue weighted by Gasteiger charge is -2.08. The van der Waals surface area contributed by atoms with Gasteiger partial charge in [-0.25, -0.2) is 8.78 Å². The molecule has 19 heavy (non-hydrogen) atoms. The molecule has 0 atom stereocenters. The second-order valence-electron chi connectivity index (χ2n) is 4.10. The quantitative estimate of drug-likeness (QED) is 0.884. The highest BCUT2D eigenvalue weighted by Gasteiger charge is 2.06. The zero-order valence-corrected chi connectivity index (χ0v) is 10.6. The van der Waals surface area contributed by atoms with Gasteiger partial charge in [-0.1, -0.05) is 19.1 Å². The summed E-state index contributed by atoms with van der Waals surface area (Å²) in [4.78, 5) is 0. The van der Waals surface area contributed by atoms with Crippen LogP contribution in [0.4, 0.5) is 8.78 Å². The molecule has 0 heterocycles. The van der Waals surface area contributed by atoms with E-state index in [0.29, 0.717) is 6.54 Å². The molecule has 2 rings (SSSR count). The minimum atomic E-state index is -0.459. The van der Waals surface area contributed by atoms with Gasteiger partial charge in [-0.3, -0.25) is 0 Å². The number of benzene rings is 2. The van der Waals surface area contributed by atoms with Gasteiger partial charge < -0.3 is 10.1 Å². The normalized spacial score (nSPS) is 10.5. The zero-order chi connectivity index (χ0) is 13.7. The molecule has 2 aromatic carbocycles. The van der Waals surface area contributed by atoms with Gasteiger partial charge in [0, 0.05) is 12.6 Å². The molecule has 2 nitrogen and oxygen atoms in total. The second kappa shape index (κ2) is 6.29. The average molecular weight is 263 g/mol. The van der Waals surface area contributed by atoms with Crippen LogP contribution in [0.1, 0.15) is 12.5 Å². The van der Waals surface area contributed by atoms with Crippen LogP contribution in [0.2, 0.25) is 0 Å². The molecule has 4 heteroatoms. The summed E-state index contributed by atoms with van der Waals surface area (Å²) < 4.78 is 32.1. The van der Waals surface area contributed by atoms with Gasteiger partial charge in [0.15, 0.2) is 11.6 Å². The summed E-state index contributed by atoms with van der Waals surface area (Å²) in [7, 11) is 0. The number of ether oxygens (including phenoxy) is 1. The van der Waals surface area contributed by atoms with E-state index in [-0.39, 0.29) is 11.5 Å². The topological polar surface area (TPSA) is 21.3 Å². The van der Waals surface area contributed by atoms with Crippen molar-refractivity contribution in [3.63, 3.8) is 0 Å². The van der Waals surface area contributed by atoms with Gasteiger partial charge in [-0.2, -0.15) is 0 Å². The van der Waals surface area contributed by atoms with Crippen LogP contribution in [0.25, 0.3) is 0 Å². The van der Waals surface area contributed by atoms with Crippen LogP contribution >= 0.6 is 0 Å². The highest BCUT2D eigenvalue weighted by molar-refractivity contribution is 5.34. The molecule has 0 spiro atoms. The van der Waals surface area contributed by atoms with Crippen LogP contribution in [-0.4, -0.2) is 6.54 Å². The van der Waals surface area contributed by atoms with E-state index in [2.05, 4.69) is 5.32 Å². The summed E-state index contributed by atoms with van der Waals surface area (Å²) in [5.41, 5.74) is 0.839. The van der Waals surface area contributed by atoms with Crippen molar-refractivity contribution in [2.24, 2.45) is 0 Å². The number of hydrogen-bond donors (Lipinski definition) is 1. The summed E-state index contributed by atoms with van der Waals surface area (Å²) in [6.45, 7) is 3.41. The molecule has 100 valence electrons. The zero-order valence-electron chi connectivity index (χ0n) is 10.6. The molecular formula is C15H15F2NO. The molecule has 0 aliphatic rings. The molecule has 0 saturated heterocycles. The monoisotopic (exact) mass is 263 g/mol. The Morgan fingerprint density at radius 3 is 2.63 bits per heavy atom. The van der Waals surface area contributed by atoms with E-state index >= 15 is 0 Å². The Hall–Kier alpha value is -1.94. The van der Waals surface area contributed by atoms with Crippen LogP contribution in [0, 0.1) is 11.6 Å². The third kappa shape index (κ3) is 3.76. The van der Waals surface area contributed by atoms with E-state index in [1.54, 1.807) is 18.2 Å². The fraction of sp³-hybridized carbons (Fsp3) is 0.200. The van der Waals surface area contributed by atoms with Crippen molar-refractivity contribution in [2.45, 2.75) is 13.5 Å². The maximum atomic E-state index is 13.8. The predicted octanol–water partition coefficient (Wildman–Crippen LogP) is 3.87. The number of nitrogens with one attached hydrogen (secondary N) is 1. The smallest absolute Gasteiger partial charge is 0.166 e. The van der Waals surface area contributed by atoms with E-state index in [0.717, 1.165) is 12.1 Å². The first-order valence-electron chi connectivity index (χ1n) is 6.11. The molecule has 0 saturated carbocycles. The van der Waals surface area contributed by atoms with Crippen LogP contribution in [-0.2, 0) is 6.54 Å². The summed E-state index contributed by atoms with van der Waals surface area (Å²) in [6.07, 6.45) is 0. The first-order chi connectivity index (χ1) is 9.19. The molecule has 0 unspecified atom stereocenters. The second-order valence-corrected chi connectivity index (χ2v) is 4.10. The SMILES string of the molecule is CCNCc1ccc(Oc2cccc(F)c2)c(F)c1. The van der Waals surface area contributed by atoms with E-state index in [1.165, 1.54) is 24.3 Å². The average Bonchev–Trinajstić information content (AvgIpc) is 2.39. The van der Waals surface area contributed by atoms with Crippen molar-refractivity contribution in [1.82, 2.24) is 5.32 Å². The largest absolute Gasteiger partial charge is 0.454 e. The third-order valence-corrected chi connectivity index (χ3v) is 2.60. The fourth-order valence-corrected chi connectivity index (χ4v) is 1.66. The summed E-state index contributed by atoms with van der Waals surface area (Å²) >= 11 is 0. The molecular weight excluding hydrogens is 248 g/mol. The minimum absolute atomic E-state index is 0.0887. The molecule has 0 aromatic heterocycles. The Labute approximate surface area is 111 Å². The van der Waals surface area contributed by atoms with Gasteiger partial charge in [0.25, 0.3) is 0 Å². The van der Waals surface area contributed by atoms with Gasteiger partial charge in [-0.05, 0) is 36.4 Å². The van der Waals surface area contributed by atoms with Crippen molar-refractivity contribution in [2.75, 3.05) is 6.54 Å². The molecule has 0 aliphatic carbocycles. The van der Waals surface area contributed by atoms with Gasteiger partial charge in [-0.15, -0.1) is 0 Å². The molecule has 0 fully saturated rings. The van der Waals surface area contributed by atoms with Crippen molar-refractivity contribution < 1.29 is 13.5 Å². The van der Waals surface area contributed by atoms with Gasteiger partial charge >= 0.3 is 0 Å². The highest BCUT2D eigenvalue weighted by atomic mass is 19.1. The molecule has 0 amide bonds. The summed E-state index contributed by atoms with van der Waals surface area (Å²) in [5.74, 6) is -0.509. The van der Waals surface area contributed by atoms with Gasteiger partial charge in [0.1, 0.15) is 11.6 Å². The van der Waals surface area contributed by atoms with Crippen molar-refractivity contribution in [1.29, 1.82) is 0 Å². The molecule has 1 N–H and O–H groups in total. The fourth-order valence-electron chi connectivity index (χ4n) is 1.66. The van der Waals surface area contributed by atoms with Crippen molar-refractivity contribution >= 4 is 0 Å². The van der Waals surface area contributed by atoms with Crippen LogP contribution in [0.5, 0.6) is 11.5 Å². The van der Waals surface area contributed by atoms with Crippen LogP contribution in [0.3, 0.4) is 0 Å². The molecule has 2 aromatic rings. The number of halogens is 2. The van der Waals surface area contributed by atoms with Gasteiger partial charge in [0.2, 0.25) is 0 Å². The molecule has 0 aliphatic heterocycles. The van der Waals surface area contributed by atoms with E-state index in [9.17, 15) is 8.78 Å². The summed E-state index contributed by atoms with van der Waals surface area (Å²) in [6, 6.07) is 10.4. The molecule has 0 bridgehead atoms. The number of rotatable bonds is 5. The maximum absolute atomic E-state index is 13.8. The van der Waals surface area contributed by atoms with Crippen molar-refractivity contribution in [3.8, 4) is 11.5 Å². The lowest BCUT2D eigenvalue weighted by atomic mass is 10.2. The Balaban J connectivity index is 2.13. The Morgan fingerprint density at radius 2 is 1.95 bits per heavy atom. The summed E-state index contributed by atoms with van der Waals surface area (Å²) in [5, 5.41) is 3.11. The molecule has 0 radical (unpaired) electrons. The lowest BCUT2D eigenvalue weighted by molar-refractivity contribution is 0.438. The van der Waals surface area contributed by atoms with Gasteiger partial charge in [0.05, 0.1) is 0 Å². The maximum Gasteiger partial charge on any atom is 0.166 e.